The Morgan fingerprint density at radius 2 is 0.588 bits per heavy atom. The van der Waals surface area contributed by atoms with Crippen LogP contribution in [0.2, 0.25) is 0 Å². The topological polar surface area (TPSA) is 78.9 Å². The molecular weight excluding hydrogens is 841 g/mol. The van der Waals surface area contributed by atoms with Crippen molar-refractivity contribution < 1.29 is 28.6 Å². The van der Waals surface area contributed by atoms with Gasteiger partial charge in [0.15, 0.2) is 6.10 Å². The zero-order valence-corrected chi connectivity index (χ0v) is 44.3. The van der Waals surface area contributed by atoms with Crippen LogP contribution in [0.4, 0.5) is 0 Å². The summed E-state index contributed by atoms with van der Waals surface area (Å²) in [4.78, 5) is 38.1. The molecule has 0 aromatic rings. The summed E-state index contributed by atoms with van der Waals surface area (Å²) in [5.41, 5.74) is 0. The van der Waals surface area contributed by atoms with E-state index in [4.69, 9.17) is 14.2 Å². The molecule has 1 unspecified atom stereocenters. The number of rotatable bonds is 50. The van der Waals surface area contributed by atoms with Crippen molar-refractivity contribution in [1.82, 2.24) is 0 Å². The summed E-state index contributed by atoms with van der Waals surface area (Å²) in [6.07, 6.45) is 74.0. The van der Waals surface area contributed by atoms with Gasteiger partial charge < -0.3 is 14.2 Å². The van der Waals surface area contributed by atoms with Gasteiger partial charge in [-0.15, -0.1) is 0 Å². The van der Waals surface area contributed by atoms with Crippen molar-refractivity contribution in [1.29, 1.82) is 0 Å². The van der Waals surface area contributed by atoms with Crippen molar-refractivity contribution in [3.8, 4) is 0 Å². The van der Waals surface area contributed by atoms with Gasteiger partial charge in [-0.25, -0.2) is 0 Å². The van der Waals surface area contributed by atoms with E-state index in [-0.39, 0.29) is 37.5 Å². The van der Waals surface area contributed by atoms with Gasteiger partial charge in [0.25, 0.3) is 0 Å². The zero-order valence-electron chi connectivity index (χ0n) is 44.3. The summed E-state index contributed by atoms with van der Waals surface area (Å²) in [5.74, 6) is -0.966. The Labute approximate surface area is 419 Å². The molecule has 0 N–H and O–H groups in total. The van der Waals surface area contributed by atoms with E-state index < -0.39 is 6.10 Å². The Hall–Kier alpha value is -3.67. The molecule has 0 aliphatic rings. The molecule has 0 saturated heterocycles. The fraction of sp³-hybridized carbons (Fsp3) is 0.694. The van der Waals surface area contributed by atoms with E-state index in [0.717, 1.165) is 103 Å². The van der Waals surface area contributed by atoms with Crippen LogP contribution in [0.1, 0.15) is 258 Å². The van der Waals surface area contributed by atoms with Crippen LogP contribution in [0.5, 0.6) is 0 Å². The van der Waals surface area contributed by atoms with Crippen LogP contribution >= 0.6 is 0 Å². The highest BCUT2D eigenvalue weighted by atomic mass is 16.6. The molecule has 0 aromatic heterocycles. The highest BCUT2D eigenvalue weighted by Gasteiger charge is 2.19. The first-order valence-electron chi connectivity index (χ1n) is 28.2. The maximum absolute atomic E-state index is 12.8. The van der Waals surface area contributed by atoms with Gasteiger partial charge in [-0.05, 0) is 96.3 Å². The normalized spacial score (nSPS) is 12.8. The summed E-state index contributed by atoms with van der Waals surface area (Å²) in [7, 11) is 0. The molecule has 0 rings (SSSR count). The first kappa shape index (κ1) is 64.3. The Balaban J connectivity index is 4.46. The Morgan fingerprint density at radius 1 is 0.309 bits per heavy atom. The van der Waals surface area contributed by atoms with Gasteiger partial charge in [-0.3, -0.25) is 14.4 Å². The van der Waals surface area contributed by atoms with E-state index in [1.165, 1.54) is 109 Å². The molecule has 0 saturated carbocycles. The molecule has 0 spiro atoms. The highest BCUT2D eigenvalue weighted by molar-refractivity contribution is 5.71. The number of hydrogen-bond donors (Lipinski definition) is 0. The van der Waals surface area contributed by atoms with Gasteiger partial charge in [0.2, 0.25) is 0 Å². The largest absolute Gasteiger partial charge is 0.462 e. The monoisotopic (exact) mass is 945 g/mol. The summed E-state index contributed by atoms with van der Waals surface area (Å²) < 4.78 is 16.8. The predicted molar refractivity (Wildman–Crippen MR) is 293 cm³/mol. The number of hydrogen-bond acceptors (Lipinski definition) is 6. The number of carbonyl (C=O) groups excluding carboxylic acids is 3. The zero-order chi connectivity index (χ0) is 49.3. The number of allylic oxidation sites excluding steroid dienone is 16. The van der Waals surface area contributed by atoms with Crippen molar-refractivity contribution in [2.24, 2.45) is 0 Å². The van der Waals surface area contributed by atoms with Crippen molar-refractivity contribution in [2.45, 2.75) is 264 Å². The van der Waals surface area contributed by atoms with Crippen molar-refractivity contribution >= 4 is 17.9 Å². The number of ether oxygens (including phenoxy) is 3. The first-order chi connectivity index (χ1) is 33.5. The second kappa shape index (κ2) is 55.9. The molecule has 0 bridgehead atoms. The van der Waals surface area contributed by atoms with Gasteiger partial charge in [-0.1, -0.05) is 240 Å². The maximum Gasteiger partial charge on any atom is 0.306 e. The molecule has 0 fully saturated rings. The minimum atomic E-state index is -0.804. The van der Waals surface area contributed by atoms with Gasteiger partial charge in [0.1, 0.15) is 13.2 Å². The van der Waals surface area contributed by atoms with Crippen LogP contribution in [0.25, 0.3) is 0 Å². The smallest absolute Gasteiger partial charge is 0.306 e. The molecule has 0 aliphatic carbocycles. The van der Waals surface area contributed by atoms with Gasteiger partial charge in [0.05, 0.1) is 0 Å². The number of esters is 3. The summed E-state index contributed by atoms with van der Waals surface area (Å²) in [5, 5.41) is 0. The van der Waals surface area contributed by atoms with Crippen LogP contribution in [0.3, 0.4) is 0 Å². The Bertz CT molecular complexity index is 1360. The maximum atomic E-state index is 12.8. The predicted octanol–water partition coefficient (Wildman–Crippen LogP) is 18.9. The second-order valence-corrected chi connectivity index (χ2v) is 18.5. The summed E-state index contributed by atoms with van der Waals surface area (Å²) in [6.45, 7) is 6.46. The lowest BCUT2D eigenvalue weighted by Gasteiger charge is -2.18. The lowest BCUT2D eigenvalue weighted by molar-refractivity contribution is -0.167. The number of carbonyl (C=O) groups is 3. The van der Waals surface area contributed by atoms with Crippen LogP contribution in [-0.4, -0.2) is 37.2 Å². The fourth-order valence-electron chi connectivity index (χ4n) is 7.60. The van der Waals surface area contributed by atoms with Gasteiger partial charge in [-0.2, -0.15) is 0 Å². The molecule has 6 nitrogen and oxygen atoms in total. The molecule has 0 aliphatic heterocycles. The summed E-state index contributed by atoms with van der Waals surface area (Å²) in [6, 6.07) is 0. The van der Waals surface area contributed by atoms with E-state index in [1.54, 1.807) is 0 Å². The minimum Gasteiger partial charge on any atom is -0.462 e. The van der Waals surface area contributed by atoms with Gasteiger partial charge in [0, 0.05) is 19.3 Å². The van der Waals surface area contributed by atoms with Crippen LogP contribution in [-0.2, 0) is 28.6 Å². The molecule has 68 heavy (non-hydrogen) atoms. The van der Waals surface area contributed by atoms with Crippen LogP contribution in [0.15, 0.2) is 97.2 Å². The average molecular weight is 946 g/mol. The van der Waals surface area contributed by atoms with E-state index in [0.29, 0.717) is 19.3 Å². The third kappa shape index (κ3) is 53.3. The van der Waals surface area contributed by atoms with Crippen molar-refractivity contribution in [3.05, 3.63) is 97.2 Å². The summed E-state index contributed by atoms with van der Waals surface area (Å²) >= 11 is 0. The fourth-order valence-corrected chi connectivity index (χ4v) is 7.60. The van der Waals surface area contributed by atoms with E-state index in [1.807, 2.05) is 0 Å². The molecular formula is C62H104O6. The van der Waals surface area contributed by atoms with Crippen LogP contribution in [0, 0.1) is 0 Å². The third-order valence-electron chi connectivity index (χ3n) is 11.8. The first-order valence-corrected chi connectivity index (χ1v) is 28.2. The molecule has 0 radical (unpaired) electrons. The Kier molecular flexibility index (Phi) is 52.9. The SMILES string of the molecule is CC/C=C\C/C=C\C/C=C\C/C=C\C/C=C\C/C=C\C/C=C\CCCC(=O)OCC(COC(=O)CCCCCCCCCCCCCCC)OC(=O)CCCCCCC/C=C\CCCCCCC. The standard InChI is InChI=1S/C62H104O6/c1-4-7-10-13-16-19-22-25-27-28-29-30-31-32-33-34-35-38-40-43-46-49-52-55-61(64)67-58-59(57-66-60(63)54-51-48-45-42-39-36-24-21-18-15-12-9-6-3)68-62(65)56-53-50-47-44-41-37-26-23-20-17-14-11-8-5-2/h7,10,16,19,23,25-27,29-30,32-33,35,38,43,46,59H,4-6,8-9,11-15,17-18,20-22,24,28,31,34,36-37,39-42,44-45,47-58H2,1-3H3/b10-7-,19-16-,26-23-,27-25-,30-29-,33-32-,38-35-,46-43-. The third-order valence-corrected chi connectivity index (χ3v) is 11.8. The number of unbranched alkanes of at least 4 members (excludes halogenated alkanes) is 23. The van der Waals surface area contributed by atoms with Crippen molar-refractivity contribution in [2.75, 3.05) is 13.2 Å². The molecule has 6 heteroatoms. The quantitative estimate of drug-likeness (QED) is 0.0262. The van der Waals surface area contributed by atoms with Crippen molar-refractivity contribution in [3.63, 3.8) is 0 Å². The van der Waals surface area contributed by atoms with E-state index in [9.17, 15) is 14.4 Å². The second-order valence-electron chi connectivity index (χ2n) is 18.5. The average Bonchev–Trinajstić information content (AvgIpc) is 3.34. The van der Waals surface area contributed by atoms with E-state index >= 15 is 0 Å². The molecule has 0 amide bonds. The molecule has 1 atom stereocenters. The lowest BCUT2D eigenvalue weighted by Crippen LogP contribution is -2.30. The van der Waals surface area contributed by atoms with E-state index in [2.05, 4.69) is 118 Å². The lowest BCUT2D eigenvalue weighted by atomic mass is 10.0. The minimum absolute atomic E-state index is 0.0973. The molecule has 388 valence electrons. The molecule has 0 aromatic carbocycles. The van der Waals surface area contributed by atoms with Gasteiger partial charge >= 0.3 is 17.9 Å². The molecule has 0 heterocycles. The van der Waals surface area contributed by atoms with Crippen LogP contribution < -0.4 is 0 Å². The Morgan fingerprint density at radius 3 is 0.971 bits per heavy atom. The highest BCUT2D eigenvalue weighted by Crippen LogP contribution is 2.15.